The van der Waals surface area contributed by atoms with Gasteiger partial charge in [0.1, 0.15) is 0 Å². The van der Waals surface area contributed by atoms with Crippen molar-refractivity contribution >= 4 is 38.7 Å². The van der Waals surface area contributed by atoms with Crippen LogP contribution in [-0.2, 0) is 16.4 Å². The summed E-state index contributed by atoms with van der Waals surface area (Å²) in [4.78, 5) is 14.7. The molecule has 6 nitrogen and oxygen atoms in total. The lowest BCUT2D eigenvalue weighted by Gasteiger charge is -2.17. The number of rotatable bonds is 4. The number of aromatic nitrogens is 2. The fraction of sp³-hybridized carbons (Fsp3) is 0.500. The van der Waals surface area contributed by atoms with E-state index < -0.39 is 9.84 Å². The highest BCUT2D eigenvalue weighted by molar-refractivity contribution is 7.91. The van der Waals surface area contributed by atoms with Gasteiger partial charge < -0.3 is 4.90 Å². The predicted octanol–water partition coefficient (Wildman–Crippen LogP) is 2.85. The quantitative estimate of drug-likeness (QED) is 0.789. The molecule has 25 heavy (non-hydrogen) atoms. The predicted molar refractivity (Wildman–Crippen MR) is 99.1 cm³/mol. The summed E-state index contributed by atoms with van der Waals surface area (Å²) in [5.41, 5.74) is 2.71. The van der Waals surface area contributed by atoms with Crippen molar-refractivity contribution in [2.75, 3.05) is 18.6 Å². The second-order valence-corrected chi connectivity index (χ2v) is 10.4. The van der Waals surface area contributed by atoms with Gasteiger partial charge in [0.25, 0.3) is 5.91 Å². The molecule has 3 heterocycles. The van der Waals surface area contributed by atoms with Crippen molar-refractivity contribution in [3.63, 3.8) is 0 Å². The number of carbonyl (C=O) groups is 1. The number of carbonyl (C=O) groups excluding carboxylic acids is 1. The zero-order valence-electron chi connectivity index (χ0n) is 14.3. The van der Waals surface area contributed by atoms with Crippen molar-refractivity contribution < 1.29 is 13.2 Å². The van der Waals surface area contributed by atoms with Crippen molar-refractivity contribution in [2.45, 2.75) is 32.9 Å². The number of amides is 1. The molecule has 0 spiro atoms. The Hall–Kier alpha value is -1.38. The van der Waals surface area contributed by atoms with Crippen LogP contribution in [0.15, 0.2) is 12.1 Å². The van der Waals surface area contributed by atoms with Crippen LogP contribution in [0.2, 0.25) is 4.34 Å². The average molecular weight is 402 g/mol. The summed E-state index contributed by atoms with van der Waals surface area (Å²) in [6.45, 7) is 4.24. The fourth-order valence-electron chi connectivity index (χ4n) is 3.18. The number of halogens is 1. The average Bonchev–Trinajstić information content (AvgIpc) is 3.20. The van der Waals surface area contributed by atoms with Crippen molar-refractivity contribution in [2.24, 2.45) is 0 Å². The molecule has 1 aliphatic heterocycles. The summed E-state index contributed by atoms with van der Waals surface area (Å²) in [6.07, 6.45) is 0.589. The van der Waals surface area contributed by atoms with Crippen LogP contribution in [0.4, 0.5) is 0 Å². The maximum Gasteiger partial charge on any atom is 0.264 e. The van der Waals surface area contributed by atoms with E-state index in [0.717, 1.165) is 17.0 Å². The maximum absolute atomic E-state index is 12.5. The van der Waals surface area contributed by atoms with Crippen LogP contribution >= 0.6 is 22.9 Å². The molecule has 0 unspecified atom stereocenters. The summed E-state index contributed by atoms with van der Waals surface area (Å²) in [6, 6.07) is 3.32. The van der Waals surface area contributed by atoms with Crippen molar-refractivity contribution in [1.29, 1.82) is 0 Å². The fourth-order valence-corrected chi connectivity index (χ4v) is 5.91. The first-order chi connectivity index (χ1) is 11.7. The first kappa shape index (κ1) is 18.4. The smallest absolute Gasteiger partial charge is 0.264 e. The molecule has 9 heteroatoms. The first-order valence-electron chi connectivity index (χ1n) is 7.94. The van der Waals surface area contributed by atoms with E-state index in [4.69, 9.17) is 11.6 Å². The van der Waals surface area contributed by atoms with Gasteiger partial charge in [-0.3, -0.25) is 9.48 Å². The molecule has 0 bridgehead atoms. The van der Waals surface area contributed by atoms with Crippen LogP contribution in [0, 0.1) is 13.8 Å². The maximum atomic E-state index is 12.5. The monoisotopic (exact) mass is 401 g/mol. The third kappa shape index (κ3) is 3.75. The van der Waals surface area contributed by atoms with Gasteiger partial charge in [0.15, 0.2) is 9.84 Å². The Labute approximate surface area is 156 Å². The molecule has 3 rings (SSSR count). The Bertz CT molecular complexity index is 917. The van der Waals surface area contributed by atoms with Gasteiger partial charge in [-0.15, -0.1) is 11.3 Å². The molecule has 0 N–H and O–H groups in total. The van der Waals surface area contributed by atoms with Crippen molar-refractivity contribution in [3.8, 4) is 0 Å². The number of aryl methyl sites for hydroxylation is 1. The highest BCUT2D eigenvalue weighted by atomic mass is 35.5. The van der Waals surface area contributed by atoms with Crippen molar-refractivity contribution in [3.05, 3.63) is 38.3 Å². The minimum Gasteiger partial charge on any atom is -0.337 e. The molecule has 0 aliphatic carbocycles. The molecule has 0 aromatic carbocycles. The number of hydrogen-bond donors (Lipinski definition) is 0. The van der Waals surface area contributed by atoms with E-state index in [0.29, 0.717) is 22.2 Å². The Morgan fingerprint density at radius 3 is 2.72 bits per heavy atom. The molecule has 1 amide bonds. The summed E-state index contributed by atoms with van der Waals surface area (Å²) in [5.74, 6) is 0.256. The van der Waals surface area contributed by atoms with Gasteiger partial charge in [-0.2, -0.15) is 5.10 Å². The van der Waals surface area contributed by atoms with Gasteiger partial charge in [0, 0.05) is 24.8 Å². The number of hydrogen-bond acceptors (Lipinski definition) is 5. The summed E-state index contributed by atoms with van der Waals surface area (Å²) in [7, 11) is -1.23. The van der Waals surface area contributed by atoms with Gasteiger partial charge >= 0.3 is 0 Å². The van der Waals surface area contributed by atoms with E-state index in [-0.39, 0.29) is 23.5 Å². The largest absolute Gasteiger partial charge is 0.337 e. The third-order valence-corrected chi connectivity index (χ3v) is 7.52. The number of sulfone groups is 1. The highest BCUT2D eigenvalue weighted by Crippen LogP contribution is 2.28. The molecule has 1 aliphatic rings. The summed E-state index contributed by atoms with van der Waals surface area (Å²) < 4.78 is 25.9. The molecule has 1 fully saturated rings. The van der Waals surface area contributed by atoms with E-state index in [9.17, 15) is 13.2 Å². The topological polar surface area (TPSA) is 72.3 Å². The van der Waals surface area contributed by atoms with Gasteiger partial charge in [-0.1, -0.05) is 11.6 Å². The van der Waals surface area contributed by atoms with Crippen LogP contribution < -0.4 is 0 Å². The van der Waals surface area contributed by atoms with E-state index >= 15 is 0 Å². The summed E-state index contributed by atoms with van der Waals surface area (Å²) >= 11 is 7.16. The lowest BCUT2D eigenvalue weighted by atomic mass is 10.1. The zero-order valence-corrected chi connectivity index (χ0v) is 16.7. The second kappa shape index (κ2) is 6.74. The van der Waals surface area contributed by atoms with E-state index in [2.05, 4.69) is 5.10 Å². The van der Waals surface area contributed by atoms with Gasteiger partial charge in [-0.25, -0.2) is 8.42 Å². The molecular weight excluding hydrogens is 382 g/mol. The standard InChI is InChI=1S/C16H20ClN3O3S2/c1-10-13(8-19(3)16(21)14-4-5-15(17)24-14)11(2)20(18-10)12-6-7-25(22,23)9-12/h4-5,12H,6-9H2,1-3H3/t12-/m0/s1. The normalized spacial score (nSPS) is 19.3. The minimum absolute atomic E-state index is 0.0908. The lowest BCUT2D eigenvalue weighted by molar-refractivity contribution is 0.0789. The molecule has 1 saturated heterocycles. The first-order valence-corrected chi connectivity index (χ1v) is 11.0. The van der Waals surface area contributed by atoms with Crippen LogP contribution in [0.1, 0.15) is 39.1 Å². The van der Waals surface area contributed by atoms with Crippen LogP contribution in [-0.4, -0.2) is 47.6 Å². The minimum atomic E-state index is -2.97. The molecule has 0 radical (unpaired) electrons. The Morgan fingerprint density at radius 2 is 2.16 bits per heavy atom. The molecule has 1 atom stereocenters. The Kier molecular flexibility index (Phi) is 4.96. The third-order valence-electron chi connectivity index (χ3n) is 4.56. The molecule has 2 aromatic rings. The van der Waals surface area contributed by atoms with Crippen LogP contribution in [0.5, 0.6) is 0 Å². The van der Waals surface area contributed by atoms with Crippen LogP contribution in [0.25, 0.3) is 0 Å². The highest BCUT2D eigenvalue weighted by Gasteiger charge is 2.31. The van der Waals surface area contributed by atoms with E-state index in [1.807, 2.05) is 18.5 Å². The molecular formula is C16H20ClN3O3S2. The van der Waals surface area contributed by atoms with Gasteiger partial charge in [0.2, 0.25) is 0 Å². The second-order valence-electron chi connectivity index (χ2n) is 6.42. The molecule has 136 valence electrons. The van der Waals surface area contributed by atoms with E-state index in [1.165, 1.54) is 11.3 Å². The van der Waals surface area contributed by atoms with Gasteiger partial charge in [0.05, 0.1) is 32.5 Å². The Morgan fingerprint density at radius 1 is 1.44 bits per heavy atom. The Balaban J connectivity index is 1.80. The number of thiophene rings is 1. The number of nitrogens with zero attached hydrogens (tertiary/aromatic N) is 3. The summed E-state index contributed by atoms with van der Waals surface area (Å²) in [5, 5.41) is 4.54. The van der Waals surface area contributed by atoms with Crippen molar-refractivity contribution in [1.82, 2.24) is 14.7 Å². The lowest BCUT2D eigenvalue weighted by Crippen LogP contribution is -2.26. The SMILES string of the molecule is Cc1nn([C@H]2CCS(=O)(=O)C2)c(C)c1CN(C)C(=O)c1ccc(Cl)s1. The van der Waals surface area contributed by atoms with Crippen LogP contribution in [0.3, 0.4) is 0 Å². The molecule has 0 saturated carbocycles. The van der Waals surface area contributed by atoms with Gasteiger partial charge in [-0.05, 0) is 32.4 Å². The zero-order chi connectivity index (χ0) is 18.4. The van der Waals surface area contributed by atoms with E-state index in [1.54, 1.807) is 24.1 Å². The molecule has 2 aromatic heterocycles.